The SMILES string of the molecule is CC(Oc1ccc(C(C)C)cc1)C(=O)NCCNC(=O)c1ccc2nc[nH]c2c1. The van der Waals surface area contributed by atoms with Crippen LogP contribution >= 0.6 is 0 Å². The number of hydrogen-bond donors (Lipinski definition) is 3. The average molecular weight is 394 g/mol. The summed E-state index contributed by atoms with van der Waals surface area (Å²) >= 11 is 0. The van der Waals surface area contributed by atoms with Gasteiger partial charge in [-0.3, -0.25) is 9.59 Å². The molecule has 1 aromatic heterocycles. The van der Waals surface area contributed by atoms with Crippen LogP contribution in [0, 0.1) is 0 Å². The van der Waals surface area contributed by atoms with Gasteiger partial charge in [0, 0.05) is 18.7 Å². The quantitative estimate of drug-likeness (QED) is 0.512. The fourth-order valence-corrected chi connectivity index (χ4v) is 2.87. The molecule has 1 atom stereocenters. The Labute approximate surface area is 169 Å². The van der Waals surface area contributed by atoms with Crippen LogP contribution in [0.1, 0.15) is 42.6 Å². The second-order valence-corrected chi connectivity index (χ2v) is 7.17. The normalized spacial score (nSPS) is 12.0. The maximum absolute atomic E-state index is 12.2. The smallest absolute Gasteiger partial charge is 0.260 e. The number of imidazole rings is 1. The van der Waals surface area contributed by atoms with Gasteiger partial charge in [0.1, 0.15) is 5.75 Å². The number of aromatic amines is 1. The van der Waals surface area contributed by atoms with Crippen LogP contribution in [0.5, 0.6) is 5.75 Å². The van der Waals surface area contributed by atoms with Crippen LogP contribution in [0.15, 0.2) is 48.8 Å². The lowest BCUT2D eigenvalue weighted by Gasteiger charge is -2.15. The molecule has 3 N–H and O–H groups in total. The molecule has 29 heavy (non-hydrogen) atoms. The predicted molar refractivity (Wildman–Crippen MR) is 112 cm³/mol. The molecule has 3 aromatic rings. The van der Waals surface area contributed by atoms with Crippen LogP contribution in [0.3, 0.4) is 0 Å². The molecule has 0 radical (unpaired) electrons. The zero-order valence-corrected chi connectivity index (χ0v) is 16.9. The summed E-state index contributed by atoms with van der Waals surface area (Å²) in [6.07, 6.45) is 0.961. The molecule has 0 aliphatic rings. The Hall–Kier alpha value is -3.35. The topological polar surface area (TPSA) is 96.1 Å². The number of H-pyrrole nitrogens is 1. The third-order valence-electron chi connectivity index (χ3n) is 4.62. The second-order valence-electron chi connectivity index (χ2n) is 7.17. The van der Waals surface area contributed by atoms with Crippen molar-refractivity contribution in [1.82, 2.24) is 20.6 Å². The van der Waals surface area contributed by atoms with Gasteiger partial charge in [0.05, 0.1) is 17.4 Å². The van der Waals surface area contributed by atoms with Crippen molar-refractivity contribution in [3.8, 4) is 5.75 Å². The maximum Gasteiger partial charge on any atom is 0.260 e. The summed E-state index contributed by atoms with van der Waals surface area (Å²) in [5.74, 6) is 0.664. The van der Waals surface area contributed by atoms with Crippen LogP contribution in [-0.2, 0) is 4.79 Å². The number of ether oxygens (including phenoxy) is 1. The minimum Gasteiger partial charge on any atom is -0.481 e. The molecule has 2 amide bonds. The molecular weight excluding hydrogens is 368 g/mol. The van der Waals surface area contributed by atoms with Crippen LogP contribution in [0.4, 0.5) is 0 Å². The van der Waals surface area contributed by atoms with Gasteiger partial charge in [0.2, 0.25) is 0 Å². The van der Waals surface area contributed by atoms with Gasteiger partial charge < -0.3 is 20.4 Å². The van der Waals surface area contributed by atoms with E-state index in [-0.39, 0.29) is 11.8 Å². The number of amides is 2. The van der Waals surface area contributed by atoms with Crippen LogP contribution in [-0.4, -0.2) is 41.0 Å². The van der Waals surface area contributed by atoms with Crippen LogP contribution in [0.2, 0.25) is 0 Å². The Morgan fingerprint density at radius 3 is 2.48 bits per heavy atom. The van der Waals surface area contributed by atoms with Crippen molar-refractivity contribution >= 4 is 22.8 Å². The zero-order valence-electron chi connectivity index (χ0n) is 16.9. The second kappa shape index (κ2) is 9.23. The van der Waals surface area contributed by atoms with Gasteiger partial charge in [-0.15, -0.1) is 0 Å². The van der Waals surface area contributed by atoms with E-state index in [1.54, 1.807) is 31.5 Å². The number of hydrogen-bond acceptors (Lipinski definition) is 4. The van der Waals surface area contributed by atoms with E-state index in [0.717, 1.165) is 11.0 Å². The summed E-state index contributed by atoms with van der Waals surface area (Å²) in [6.45, 7) is 6.59. The Morgan fingerprint density at radius 1 is 1.03 bits per heavy atom. The van der Waals surface area contributed by atoms with E-state index >= 15 is 0 Å². The lowest BCUT2D eigenvalue weighted by Crippen LogP contribution is -2.40. The first-order chi connectivity index (χ1) is 13.9. The predicted octanol–water partition coefficient (Wildman–Crippen LogP) is 3.00. The third-order valence-corrected chi connectivity index (χ3v) is 4.62. The molecule has 2 aromatic carbocycles. The number of carbonyl (C=O) groups excluding carboxylic acids is 2. The first kappa shape index (κ1) is 20.4. The Morgan fingerprint density at radius 2 is 1.76 bits per heavy atom. The van der Waals surface area contributed by atoms with Crippen molar-refractivity contribution in [2.75, 3.05) is 13.1 Å². The molecule has 0 saturated carbocycles. The van der Waals surface area contributed by atoms with Gasteiger partial charge in [-0.1, -0.05) is 26.0 Å². The summed E-state index contributed by atoms with van der Waals surface area (Å²) < 4.78 is 5.68. The molecule has 0 spiro atoms. The first-order valence-electron chi connectivity index (χ1n) is 9.69. The largest absolute Gasteiger partial charge is 0.481 e. The van der Waals surface area contributed by atoms with Crippen molar-refractivity contribution in [2.24, 2.45) is 0 Å². The van der Waals surface area contributed by atoms with Gasteiger partial charge in [-0.2, -0.15) is 0 Å². The number of fused-ring (bicyclic) bond motifs is 1. The number of nitrogens with one attached hydrogen (secondary N) is 3. The summed E-state index contributed by atoms with van der Waals surface area (Å²) in [4.78, 5) is 31.5. The Balaban J connectivity index is 1.41. The number of benzene rings is 2. The van der Waals surface area contributed by atoms with E-state index in [1.165, 1.54) is 5.56 Å². The highest BCUT2D eigenvalue weighted by molar-refractivity contribution is 5.97. The summed E-state index contributed by atoms with van der Waals surface area (Å²) in [6, 6.07) is 13.0. The lowest BCUT2D eigenvalue weighted by atomic mass is 10.0. The van der Waals surface area contributed by atoms with E-state index < -0.39 is 6.10 Å². The van der Waals surface area contributed by atoms with E-state index in [9.17, 15) is 9.59 Å². The Kier molecular flexibility index (Phi) is 6.49. The molecule has 3 rings (SSSR count). The fourth-order valence-electron chi connectivity index (χ4n) is 2.87. The maximum atomic E-state index is 12.2. The van der Waals surface area contributed by atoms with E-state index in [2.05, 4.69) is 34.4 Å². The Bertz CT molecular complexity index is 979. The van der Waals surface area contributed by atoms with Crippen molar-refractivity contribution in [2.45, 2.75) is 32.8 Å². The van der Waals surface area contributed by atoms with Crippen molar-refractivity contribution in [1.29, 1.82) is 0 Å². The first-order valence-corrected chi connectivity index (χ1v) is 9.69. The van der Waals surface area contributed by atoms with E-state index in [0.29, 0.717) is 30.3 Å². The average Bonchev–Trinajstić information content (AvgIpc) is 3.19. The molecule has 7 nitrogen and oxygen atoms in total. The number of aromatic nitrogens is 2. The molecular formula is C22H26N4O3. The molecule has 0 aliphatic carbocycles. The monoisotopic (exact) mass is 394 g/mol. The van der Waals surface area contributed by atoms with E-state index in [1.807, 2.05) is 24.3 Å². The standard InChI is InChI=1S/C22H26N4O3/c1-14(2)16-4-7-18(8-5-16)29-15(3)21(27)23-10-11-24-22(28)17-6-9-19-20(12-17)26-13-25-19/h4-9,12-15H,10-11H2,1-3H3,(H,23,27)(H,24,28)(H,25,26). The van der Waals surface area contributed by atoms with Gasteiger partial charge >= 0.3 is 0 Å². The van der Waals surface area contributed by atoms with Crippen LogP contribution in [0.25, 0.3) is 11.0 Å². The van der Waals surface area contributed by atoms with Gasteiger partial charge in [0.25, 0.3) is 11.8 Å². The molecule has 0 saturated heterocycles. The summed E-state index contributed by atoms with van der Waals surface area (Å²) in [5, 5.41) is 5.56. The minimum atomic E-state index is -0.626. The van der Waals surface area contributed by atoms with Crippen molar-refractivity contribution in [3.05, 3.63) is 59.9 Å². The fraction of sp³-hybridized carbons (Fsp3) is 0.318. The van der Waals surface area contributed by atoms with Gasteiger partial charge in [0.15, 0.2) is 6.10 Å². The zero-order chi connectivity index (χ0) is 20.8. The van der Waals surface area contributed by atoms with Crippen LogP contribution < -0.4 is 15.4 Å². The molecule has 1 heterocycles. The highest BCUT2D eigenvalue weighted by Gasteiger charge is 2.14. The minimum absolute atomic E-state index is 0.203. The molecule has 0 aliphatic heterocycles. The highest BCUT2D eigenvalue weighted by Crippen LogP contribution is 2.19. The molecule has 1 unspecified atom stereocenters. The van der Waals surface area contributed by atoms with Crippen molar-refractivity contribution in [3.63, 3.8) is 0 Å². The molecule has 152 valence electrons. The van der Waals surface area contributed by atoms with Crippen molar-refractivity contribution < 1.29 is 14.3 Å². The molecule has 7 heteroatoms. The molecule has 0 fully saturated rings. The van der Waals surface area contributed by atoms with Gasteiger partial charge in [-0.25, -0.2) is 4.98 Å². The highest BCUT2D eigenvalue weighted by atomic mass is 16.5. The van der Waals surface area contributed by atoms with E-state index in [4.69, 9.17) is 4.74 Å². The summed E-state index contributed by atoms with van der Waals surface area (Å²) in [5.41, 5.74) is 3.37. The number of rotatable bonds is 8. The molecule has 0 bridgehead atoms. The number of carbonyl (C=O) groups is 2. The third kappa shape index (κ3) is 5.34. The lowest BCUT2D eigenvalue weighted by molar-refractivity contribution is -0.127. The number of nitrogens with zero attached hydrogens (tertiary/aromatic N) is 1. The summed E-state index contributed by atoms with van der Waals surface area (Å²) in [7, 11) is 0. The van der Waals surface area contributed by atoms with Gasteiger partial charge in [-0.05, 0) is 48.7 Å².